The van der Waals surface area contributed by atoms with Crippen molar-refractivity contribution in [1.82, 2.24) is 24.5 Å². The highest BCUT2D eigenvalue weighted by Crippen LogP contribution is 2.27. The van der Waals surface area contributed by atoms with Crippen molar-refractivity contribution in [1.29, 1.82) is 0 Å². The van der Waals surface area contributed by atoms with E-state index in [-0.39, 0.29) is 24.2 Å². The number of hydrogen-bond acceptors (Lipinski definition) is 6. The Morgan fingerprint density at radius 3 is 2.57 bits per heavy atom. The minimum atomic E-state index is -0.586. The van der Waals surface area contributed by atoms with Crippen LogP contribution in [0.4, 0.5) is 4.79 Å². The monoisotopic (exact) mass is 417 g/mol. The fraction of sp³-hybridized carbons (Fsp3) is 0.619. The summed E-state index contributed by atoms with van der Waals surface area (Å²) in [5.74, 6) is -0.596. The Hall–Kier alpha value is -2.84. The Balaban J connectivity index is 1.87. The minimum Gasteiger partial charge on any atom is -0.444 e. The fourth-order valence-corrected chi connectivity index (χ4v) is 3.68. The largest absolute Gasteiger partial charge is 0.444 e. The number of hydrogen-bond donors (Lipinski definition) is 0. The summed E-state index contributed by atoms with van der Waals surface area (Å²) in [6.07, 6.45) is 3.40. The van der Waals surface area contributed by atoms with E-state index in [0.717, 1.165) is 11.3 Å². The van der Waals surface area contributed by atoms with Gasteiger partial charge in [0.2, 0.25) is 0 Å². The van der Waals surface area contributed by atoms with Gasteiger partial charge in [-0.25, -0.2) is 4.79 Å². The van der Waals surface area contributed by atoms with E-state index in [1.807, 2.05) is 34.9 Å². The van der Waals surface area contributed by atoms with Gasteiger partial charge in [0, 0.05) is 52.4 Å². The summed E-state index contributed by atoms with van der Waals surface area (Å²) < 4.78 is 7.14. The molecule has 3 rings (SSSR count). The zero-order valence-corrected chi connectivity index (χ0v) is 18.6. The molecule has 0 radical (unpaired) electrons. The Morgan fingerprint density at radius 1 is 1.23 bits per heavy atom. The van der Waals surface area contributed by atoms with Crippen LogP contribution in [0.2, 0.25) is 0 Å². The lowest BCUT2D eigenvalue weighted by Crippen LogP contribution is -2.40. The van der Waals surface area contributed by atoms with Gasteiger partial charge >= 0.3 is 6.09 Å². The van der Waals surface area contributed by atoms with Crippen LogP contribution < -0.4 is 0 Å². The molecule has 9 nitrogen and oxygen atoms in total. The van der Waals surface area contributed by atoms with Gasteiger partial charge in [-0.3, -0.25) is 14.3 Å². The van der Waals surface area contributed by atoms with Crippen LogP contribution in [0.5, 0.6) is 0 Å². The van der Waals surface area contributed by atoms with Gasteiger partial charge in [-0.1, -0.05) is 0 Å². The highest BCUT2D eigenvalue weighted by molar-refractivity contribution is 5.97. The first-order chi connectivity index (χ1) is 14.0. The van der Waals surface area contributed by atoms with Gasteiger partial charge in [-0.05, 0) is 26.8 Å². The van der Waals surface area contributed by atoms with Gasteiger partial charge in [0.05, 0.1) is 24.7 Å². The van der Waals surface area contributed by atoms with Crippen molar-refractivity contribution < 1.29 is 19.1 Å². The summed E-state index contributed by atoms with van der Waals surface area (Å²) in [7, 11) is 5.40. The standard InChI is InChI=1S/C21H31N5O4/c1-21(2,3)30-20(29)25-10-7-16-15(13-25)18-19(28)24(6)11-14(12-26(18)22-16)17(27)8-9-23(4)5/h8-9,14H,7,10-13H2,1-6H3/b9-8+. The number of nitrogens with zero attached hydrogens (tertiary/aromatic N) is 5. The average molecular weight is 418 g/mol. The van der Waals surface area contributed by atoms with Crippen LogP contribution in [-0.4, -0.2) is 82.1 Å². The van der Waals surface area contributed by atoms with Crippen molar-refractivity contribution in [2.75, 3.05) is 34.2 Å². The van der Waals surface area contributed by atoms with Crippen molar-refractivity contribution in [2.24, 2.45) is 5.92 Å². The molecule has 30 heavy (non-hydrogen) atoms. The van der Waals surface area contributed by atoms with Gasteiger partial charge in [-0.15, -0.1) is 0 Å². The molecule has 2 aliphatic rings. The normalized spacial score (nSPS) is 19.4. The number of carbonyl (C=O) groups is 3. The Morgan fingerprint density at radius 2 is 1.93 bits per heavy atom. The third-order valence-corrected chi connectivity index (χ3v) is 5.13. The van der Waals surface area contributed by atoms with E-state index in [4.69, 9.17) is 4.74 Å². The molecule has 0 aliphatic carbocycles. The highest BCUT2D eigenvalue weighted by Gasteiger charge is 2.36. The molecule has 0 N–H and O–H groups in total. The first-order valence-electron chi connectivity index (χ1n) is 10.2. The zero-order valence-electron chi connectivity index (χ0n) is 18.6. The van der Waals surface area contributed by atoms with Crippen LogP contribution >= 0.6 is 0 Å². The molecule has 0 saturated heterocycles. The number of ether oxygens (including phenoxy) is 1. The molecule has 0 spiro atoms. The predicted molar refractivity (Wildman–Crippen MR) is 111 cm³/mol. The maximum absolute atomic E-state index is 13.1. The number of aromatic nitrogens is 2. The topological polar surface area (TPSA) is 88.0 Å². The van der Waals surface area contributed by atoms with Crippen LogP contribution in [0, 0.1) is 5.92 Å². The van der Waals surface area contributed by atoms with E-state index in [1.165, 1.54) is 0 Å². The number of amides is 2. The molecule has 2 aliphatic heterocycles. The van der Waals surface area contributed by atoms with E-state index < -0.39 is 11.7 Å². The first-order valence-corrected chi connectivity index (χ1v) is 10.2. The Bertz CT molecular complexity index is 881. The summed E-state index contributed by atoms with van der Waals surface area (Å²) in [4.78, 5) is 43.3. The molecule has 0 saturated carbocycles. The molecule has 1 aromatic heterocycles. The lowest BCUT2D eigenvalue weighted by molar-refractivity contribution is -0.118. The van der Waals surface area contributed by atoms with E-state index in [1.54, 1.807) is 38.7 Å². The quantitative estimate of drug-likeness (QED) is 0.693. The van der Waals surface area contributed by atoms with Gasteiger partial charge < -0.3 is 19.4 Å². The van der Waals surface area contributed by atoms with Gasteiger partial charge in [-0.2, -0.15) is 5.10 Å². The number of fused-ring (bicyclic) bond motifs is 3. The van der Waals surface area contributed by atoms with E-state index in [0.29, 0.717) is 31.7 Å². The maximum Gasteiger partial charge on any atom is 0.410 e. The molecule has 0 aromatic carbocycles. The first kappa shape index (κ1) is 21.9. The third kappa shape index (κ3) is 4.66. The number of rotatable bonds is 3. The van der Waals surface area contributed by atoms with Crippen LogP contribution in [0.3, 0.4) is 0 Å². The van der Waals surface area contributed by atoms with Crippen molar-refractivity contribution in [2.45, 2.75) is 45.9 Å². The SMILES string of the molecule is CN(C)/C=C/C(=O)C1CN(C)C(=O)c2c3c(nn2C1)CCN(C(=O)OC(C)(C)C)C3. The molecule has 9 heteroatoms. The van der Waals surface area contributed by atoms with Crippen LogP contribution in [0.15, 0.2) is 12.3 Å². The summed E-state index contributed by atoms with van der Waals surface area (Å²) in [5.41, 5.74) is 1.44. The number of ketones is 1. The summed E-state index contributed by atoms with van der Waals surface area (Å²) in [5, 5.41) is 4.64. The zero-order chi connectivity index (χ0) is 22.2. The molecule has 1 aromatic rings. The Labute approximate surface area is 177 Å². The molecule has 0 bridgehead atoms. The van der Waals surface area contributed by atoms with Gasteiger partial charge in [0.25, 0.3) is 5.91 Å². The highest BCUT2D eigenvalue weighted by atomic mass is 16.6. The van der Waals surface area contributed by atoms with Gasteiger partial charge in [0.15, 0.2) is 5.78 Å². The smallest absolute Gasteiger partial charge is 0.410 e. The average Bonchev–Trinajstić information content (AvgIpc) is 2.94. The van der Waals surface area contributed by atoms with E-state index >= 15 is 0 Å². The third-order valence-electron chi connectivity index (χ3n) is 5.13. The summed E-state index contributed by atoms with van der Waals surface area (Å²) in [6.45, 7) is 6.89. The van der Waals surface area contributed by atoms with E-state index in [9.17, 15) is 14.4 Å². The second kappa shape index (κ2) is 8.12. The van der Waals surface area contributed by atoms with Crippen LogP contribution in [0.25, 0.3) is 0 Å². The van der Waals surface area contributed by atoms with Gasteiger partial charge in [0.1, 0.15) is 11.3 Å². The second-order valence-electron chi connectivity index (χ2n) is 9.17. The summed E-state index contributed by atoms with van der Waals surface area (Å²) in [6, 6.07) is 0. The predicted octanol–water partition coefficient (Wildman–Crippen LogP) is 1.52. The van der Waals surface area contributed by atoms with Crippen molar-refractivity contribution in [3.8, 4) is 0 Å². The lowest BCUT2D eigenvalue weighted by Gasteiger charge is -2.30. The molecule has 3 heterocycles. The number of carbonyl (C=O) groups excluding carboxylic acids is 3. The molecule has 2 amide bonds. The van der Waals surface area contributed by atoms with Crippen LogP contribution in [-0.2, 0) is 29.0 Å². The summed E-state index contributed by atoms with van der Waals surface area (Å²) >= 11 is 0. The molecular formula is C21H31N5O4. The molecule has 0 fully saturated rings. The molecular weight excluding hydrogens is 386 g/mol. The fourth-order valence-electron chi connectivity index (χ4n) is 3.68. The van der Waals surface area contributed by atoms with Crippen molar-refractivity contribution in [3.05, 3.63) is 29.2 Å². The van der Waals surface area contributed by atoms with E-state index in [2.05, 4.69) is 5.10 Å². The number of allylic oxidation sites excluding steroid dienone is 1. The lowest BCUT2D eigenvalue weighted by atomic mass is 10.0. The van der Waals surface area contributed by atoms with Crippen molar-refractivity contribution >= 4 is 17.8 Å². The van der Waals surface area contributed by atoms with Crippen LogP contribution in [0.1, 0.15) is 42.5 Å². The van der Waals surface area contributed by atoms with Crippen molar-refractivity contribution in [3.63, 3.8) is 0 Å². The molecule has 164 valence electrons. The second-order valence-corrected chi connectivity index (χ2v) is 9.17. The molecule has 1 atom stereocenters. The molecule has 1 unspecified atom stereocenters. The Kier molecular flexibility index (Phi) is 5.92. The minimum absolute atomic E-state index is 0.0416. The maximum atomic E-state index is 13.1.